The van der Waals surface area contributed by atoms with Crippen molar-refractivity contribution in [2.45, 2.75) is 56.8 Å². The highest BCUT2D eigenvalue weighted by molar-refractivity contribution is 7.85. The number of phenolic OH excluding ortho intramolecular Hbond substituents is 1. The second-order valence-corrected chi connectivity index (χ2v) is 7.83. The van der Waals surface area contributed by atoms with E-state index in [1.807, 2.05) is 6.07 Å². The van der Waals surface area contributed by atoms with Crippen molar-refractivity contribution in [3.05, 3.63) is 48.0 Å². The van der Waals surface area contributed by atoms with Crippen molar-refractivity contribution >= 4 is 10.1 Å². The highest BCUT2D eigenvalue weighted by Gasteiger charge is 2.11. The van der Waals surface area contributed by atoms with E-state index in [2.05, 4.69) is 6.92 Å². The second-order valence-electron chi connectivity index (χ2n) is 6.40. The molecule has 0 atom stereocenters. The Hall–Kier alpha value is -2.05. The molecular formula is C20H26O5S. The molecule has 26 heavy (non-hydrogen) atoms. The molecule has 0 aliphatic heterocycles. The maximum atomic E-state index is 11.2. The van der Waals surface area contributed by atoms with Gasteiger partial charge in [0, 0.05) is 12.1 Å². The fourth-order valence-corrected chi connectivity index (χ4v) is 3.31. The maximum Gasteiger partial charge on any atom is 0.294 e. The number of benzene rings is 2. The molecule has 0 saturated heterocycles. The smallest absolute Gasteiger partial charge is 0.294 e. The van der Waals surface area contributed by atoms with Crippen LogP contribution in [0.2, 0.25) is 0 Å². The Bertz CT molecular complexity index is 815. The van der Waals surface area contributed by atoms with E-state index in [0.717, 1.165) is 24.8 Å². The molecule has 0 aliphatic rings. The van der Waals surface area contributed by atoms with E-state index in [1.165, 1.54) is 49.9 Å². The fraction of sp³-hybridized carbons (Fsp3) is 0.400. The number of unbranched alkanes of at least 4 members (excludes halogenated alkanes) is 5. The van der Waals surface area contributed by atoms with Gasteiger partial charge >= 0.3 is 0 Å². The molecule has 5 nitrogen and oxygen atoms in total. The lowest BCUT2D eigenvalue weighted by atomic mass is 10.0. The summed E-state index contributed by atoms with van der Waals surface area (Å²) in [6.45, 7) is 2.19. The zero-order chi connectivity index (χ0) is 19.0. The molecule has 2 rings (SSSR count). The lowest BCUT2D eigenvalue weighted by molar-refractivity contribution is 0.451. The van der Waals surface area contributed by atoms with Crippen LogP contribution in [0.25, 0.3) is 0 Å². The van der Waals surface area contributed by atoms with Gasteiger partial charge in [0.15, 0.2) is 0 Å². The van der Waals surface area contributed by atoms with Gasteiger partial charge in [0.1, 0.15) is 17.2 Å². The first kappa shape index (κ1) is 20.3. The Morgan fingerprint density at radius 1 is 0.923 bits per heavy atom. The quantitative estimate of drug-likeness (QED) is 0.431. The third-order valence-corrected chi connectivity index (χ3v) is 4.96. The van der Waals surface area contributed by atoms with Crippen molar-refractivity contribution in [1.82, 2.24) is 0 Å². The molecule has 0 saturated carbocycles. The molecule has 2 aromatic carbocycles. The topological polar surface area (TPSA) is 83.8 Å². The van der Waals surface area contributed by atoms with Crippen LogP contribution in [0.15, 0.2) is 47.4 Å². The third kappa shape index (κ3) is 6.69. The summed E-state index contributed by atoms with van der Waals surface area (Å²) in [6, 6.07) is 10.6. The molecule has 0 fully saturated rings. The van der Waals surface area contributed by atoms with Gasteiger partial charge in [-0.2, -0.15) is 8.42 Å². The monoisotopic (exact) mass is 378 g/mol. The molecule has 2 N–H and O–H groups in total. The molecule has 0 bridgehead atoms. The molecule has 0 spiro atoms. The fourth-order valence-electron chi connectivity index (χ4n) is 2.79. The van der Waals surface area contributed by atoms with Crippen LogP contribution in [0.1, 0.15) is 51.0 Å². The Morgan fingerprint density at radius 3 is 2.38 bits per heavy atom. The van der Waals surface area contributed by atoms with Gasteiger partial charge in [0.05, 0.1) is 4.90 Å². The molecule has 0 radical (unpaired) electrons. The summed E-state index contributed by atoms with van der Waals surface area (Å²) in [5.41, 5.74) is 0.974. The summed E-state index contributed by atoms with van der Waals surface area (Å²) in [5, 5.41) is 9.91. The minimum Gasteiger partial charge on any atom is -0.508 e. The van der Waals surface area contributed by atoms with Crippen molar-refractivity contribution < 1.29 is 22.8 Å². The number of hydrogen-bond acceptors (Lipinski definition) is 4. The van der Waals surface area contributed by atoms with E-state index in [9.17, 15) is 13.5 Å². The first-order valence-corrected chi connectivity index (χ1v) is 10.4. The number of rotatable bonds is 10. The van der Waals surface area contributed by atoms with Crippen LogP contribution in [0.5, 0.6) is 17.2 Å². The summed E-state index contributed by atoms with van der Waals surface area (Å²) in [7, 11) is -4.29. The first-order valence-electron chi connectivity index (χ1n) is 8.97. The predicted molar refractivity (Wildman–Crippen MR) is 102 cm³/mol. The third-order valence-electron chi connectivity index (χ3n) is 4.11. The molecule has 6 heteroatoms. The number of phenols is 1. The first-order chi connectivity index (χ1) is 12.4. The van der Waals surface area contributed by atoms with Gasteiger partial charge in [-0.1, -0.05) is 45.1 Å². The number of hydrogen-bond donors (Lipinski definition) is 2. The van der Waals surface area contributed by atoms with E-state index in [1.54, 1.807) is 12.1 Å². The van der Waals surface area contributed by atoms with Crippen molar-refractivity contribution in [2.75, 3.05) is 0 Å². The van der Waals surface area contributed by atoms with Gasteiger partial charge in [-0.05, 0) is 42.7 Å². The van der Waals surface area contributed by atoms with Crippen LogP contribution in [-0.2, 0) is 16.5 Å². The lowest BCUT2D eigenvalue weighted by Gasteiger charge is -2.10. The Balaban J connectivity index is 2.01. The summed E-state index contributed by atoms with van der Waals surface area (Å²) < 4.78 is 37.2. The Kier molecular flexibility index (Phi) is 7.48. The zero-order valence-electron chi connectivity index (χ0n) is 15.0. The summed E-state index contributed by atoms with van der Waals surface area (Å²) in [6.07, 6.45) is 8.03. The minimum absolute atomic E-state index is 0.106. The Labute approximate surface area is 155 Å². The molecule has 2 aromatic rings. The van der Waals surface area contributed by atoms with Crippen molar-refractivity contribution in [2.24, 2.45) is 0 Å². The SMILES string of the molecule is CCCCCCCCc1cc(O)cc(Oc2cccc(S(=O)(=O)O)c2)c1. The summed E-state index contributed by atoms with van der Waals surface area (Å²) in [5.74, 6) is 0.809. The highest BCUT2D eigenvalue weighted by atomic mass is 32.2. The number of aromatic hydroxyl groups is 1. The van der Waals surface area contributed by atoms with Gasteiger partial charge in [-0.25, -0.2) is 0 Å². The maximum absolute atomic E-state index is 11.2. The van der Waals surface area contributed by atoms with Crippen LogP contribution < -0.4 is 4.74 Å². The molecule has 0 unspecified atom stereocenters. The van der Waals surface area contributed by atoms with Crippen LogP contribution in [0.3, 0.4) is 0 Å². The second kappa shape index (κ2) is 9.59. The van der Waals surface area contributed by atoms with Crippen molar-refractivity contribution in [3.63, 3.8) is 0 Å². The average molecular weight is 378 g/mol. The highest BCUT2D eigenvalue weighted by Crippen LogP contribution is 2.29. The van der Waals surface area contributed by atoms with Crippen molar-refractivity contribution in [3.8, 4) is 17.2 Å². The van der Waals surface area contributed by atoms with Crippen LogP contribution >= 0.6 is 0 Å². The molecule has 0 aliphatic carbocycles. The molecule has 0 aromatic heterocycles. The summed E-state index contributed by atoms with van der Waals surface area (Å²) >= 11 is 0. The van der Waals surface area contributed by atoms with E-state index >= 15 is 0 Å². The molecular weight excluding hydrogens is 352 g/mol. The zero-order valence-corrected chi connectivity index (χ0v) is 15.8. The largest absolute Gasteiger partial charge is 0.508 e. The normalized spacial score (nSPS) is 11.5. The van der Waals surface area contributed by atoms with E-state index < -0.39 is 10.1 Å². The minimum atomic E-state index is -4.29. The molecule has 0 amide bonds. The van der Waals surface area contributed by atoms with Gasteiger partial charge in [0.25, 0.3) is 10.1 Å². The van der Waals surface area contributed by atoms with Crippen LogP contribution in [0, 0.1) is 0 Å². The van der Waals surface area contributed by atoms with E-state index in [-0.39, 0.29) is 16.4 Å². The standard InChI is InChI=1S/C20H26O5S/c1-2-3-4-5-6-7-9-16-12-17(21)14-19(13-16)25-18-10-8-11-20(15-18)26(22,23)24/h8,10-15,21H,2-7,9H2,1H3,(H,22,23,24). The summed E-state index contributed by atoms with van der Waals surface area (Å²) in [4.78, 5) is -0.234. The van der Waals surface area contributed by atoms with Crippen LogP contribution in [-0.4, -0.2) is 18.1 Å². The van der Waals surface area contributed by atoms with Gasteiger partial charge in [0.2, 0.25) is 0 Å². The van der Waals surface area contributed by atoms with Crippen LogP contribution in [0.4, 0.5) is 0 Å². The number of aryl methyl sites for hydroxylation is 1. The van der Waals surface area contributed by atoms with Gasteiger partial charge in [-0.3, -0.25) is 4.55 Å². The Morgan fingerprint density at radius 2 is 1.65 bits per heavy atom. The number of ether oxygens (including phenoxy) is 1. The van der Waals surface area contributed by atoms with E-state index in [4.69, 9.17) is 9.29 Å². The van der Waals surface area contributed by atoms with Gasteiger partial charge in [-0.15, -0.1) is 0 Å². The molecule has 0 heterocycles. The van der Waals surface area contributed by atoms with Crippen molar-refractivity contribution in [1.29, 1.82) is 0 Å². The van der Waals surface area contributed by atoms with E-state index in [0.29, 0.717) is 5.75 Å². The predicted octanol–water partition coefficient (Wildman–Crippen LogP) is 5.33. The average Bonchev–Trinajstić information content (AvgIpc) is 2.57. The van der Waals surface area contributed by atoms with Gasteiger partial charge < -0.3 is 9.84 Å². The molecule has 142 valence electrons. The lowest BCUT2D eigenvalue weighted by Crippen LogP contribution is -1.98.